The lowest BCUT2D eigenvalue weighted by molar-refractivity contribution is -0.130. The van der Waals surface area contributed by atoms with Crippen molar-refractivity contribution in [3.05, 3.63) is 42.5 Å². The van der Waals surface area contributed by atoms with E-state index in [1.165, 1.54) is 7.11 Å². The zero-order valence-corrected chi connectivity index (χ0v) is 11.7. The first-order chi connectivity index (χ1) is 9.58. The highest BCUT2D eigenvalue weighted by Gasteiger charge is 2.17. The molecule has 0 spiro atoms. The second-order valence-corrected chi connectivity index (χ2v) is 4.33. The Balaban J connectivity index is 2.68. The number of fused-ring (bicyclic) bond motifs is 1. The van der Waals surface area contributed by atoms with Crippen LogP contribution < -0.4 is 14.2 Å². The highest BCUT2D eigenvalue weighted by atomic mass is 16.6. The van der Waals surface area contributed by atoms with Gasteiger partial charge in [0.05, 0.1) is 14.2 Å². The van der Waals surface area contributed by atoms with Crippen molar-refractivity contribution in [2.24, 2.45) is 0 Å². The van der Waals surface area contributed by atoms with Crippen LogP contribution >= 0.6 is 0 Å². The molecule has 0 N–H and O–H groups in total. The Bertz CT molecular complexity index is 673. The summed E-state index contributed by atoms with van der Waals surface area (Å²) in [5, 5.41) is 1.60. The van der Waals surface area contributed by atoms with Gasteiger partial charge >= 0.3 is 5.97 Å². The Morgan fingerprint density at radius 2 is 1.65 bits per heavy atom. The fourth-order valence-electron chi connectivity index (χ4n) is 1.90. The molecule has 0 saturated carbocycles. The van der Waals surface area contributed by atoms with Gasteiger partial charge in [-0.25, -0.2) is 4.79 Å². The smallest absolute Gasteiger partial charge is 0.338 e. The molecule has 0 radical (unpaired) electrons. The molecule has 0 aliphatic rings. The van der Waals surface area contributed by atoms with Crippen LogP contribution in [0.1, 0.15) is 6.92 Å². The van der Waals surface area contributed by atoms with Crippen LogP contribution in [0.25, 0.3) is 10.8 Å². The number of benzene rings is 2. The fourth-order valence-corrected chi connectivity index (χ4v) is 1.90. The molecule has 2 aromatic rings. The largest absolute Gasteiger partial charge is 0.496 e. The van der Waals surface area contributed by atoms with Crippen LogP contribution in [0.4, 0.5) is 0 Å². The summed E-state index contributed by atoms with van der Waals surface area (Å²) in [6, 6.07) is 9.19. The molecule has 0 saturated heterocycles. The Morgan fingerprint density at radius 1 is 1.05 bits per heavy atom. The van der Waals surface area contributed by atoms with E-state index < -0.39 is 5.97 Å². The van der Waals surface area contributed by atoms with Crippen molar-refractivity contribution in [3.8, 4) is 17.2 Å². The number of carbonyl (C=O) groups excluding carboxylic acids is 1. The average Bonchev–Trinajstić information content (AvgIpc) is 2.47. The number of esters is 1. The van der Waals surface area contributed by atoms with Crippen LogP contribution in [0.15, 0.2) is 42.5 Å². The molecule has 2 rings (SSSR count). The number of rotatable bonds is 4. The Kier molecular flexibility index (Phi) is 3.94. The van der Waals surface area contributed by atoms with Crippen molar-refractivity contribution < 1.29 is 19.0 Å². The molecule has 104 valence electrons. The van der Waals surface area contributed by atoms with Gasteiger partial charge < -0.3 is 14.2 Å². The maximum absolute atomic E-state index is 11.8. The van der Waals surface area contributed by atoms with E-state index in [1.807, 2.05) is 24.3 Å². The molecule has 0 aromatic heterocycles. The van der Waals surface area contributed by atoms with Crippen LogP contribution in [0, 0.1) is 0 Å². The molecular weight excluding hydrogens is 256 g/mol. The predicted octanol–water partition coefficient (Wildman–Crippen LogP) is 3.34. The van der Waals surface area contributed by atoms with Gasteiger partial charge in [0.25, 0.3) is 0 Å². The zero-order chi connectivity index (χ0) is 14.7. The van der Waals surface area contributed by atoms with Gasteiger partial charge in [0, 0.05) is 22.4 Å². The molecule has 0 heterocycles. The van der Waals surface area contributed by atoms with Crippen LogP contribution in [0.2, 0.25) is 0 Å². The molecule has 2 aromatic carbocycles. The van der Waals surface area contributed by atoms with Gasteiger partial charge in [-0.05, 0) is 6.92 Å². The molecule has 4 nitrogen and oxygen atoms in total. The van der Waals surface area contributed by atoms with Gasteiger partial charge in [-0.2, -0.15) is 0 Å². The van der Waals surface area contributed by atoms with E-state index in [0.717, 1.165) is 10.8 Å². The average molecular weight is 272 g/mol. The van der Waals surface area contributed by atoms with Crippen molar-refractivity contribution in [2.45, 2.75) is 6.92 Å². The SMILES string of the molecule is C=C(C)C(=O)Oc1c(OC)cc(OC)c2ccccc12. The number of hydrogen-bond acceptors (Lipinski definition) is 4. The molecule has 0 atom stereocenters. The molecule has 0 bridgehead atoms. The van der Waals surface area contributed by atoms with Gasteiger partial charge in [0.1, 0.15) is 5.75 Å². The molecule has 0 unspecified atom stereocenters. The van der Waals surface area contributed by atoms with E-state index in [0.29, 0.717) is 22.8 Å². The van der Waals surface area contributed by atoms with E-state index in [-0.39, 0.29) is 0 Å². The number of carbonyl (C=O) groups is 1. The van der Waals surface area contributed by atoms with Gasteiger partial charge in [0.2, 0.25) is 0 Å². The maximum Gasteiger partial charge on any atom is 0.338 e. The van der Waals surface area contributed by atoms with Crippen LogP contribution in [0.3, 0.4) is 0 Å². The number of ether oxygens (including phenoxy) is 3. The first kappa shape index (κ1) is 13.9. The van der Waals surface area contributed by atoms with Crippen molar-refractivity contribution in [2.75, 3.05) is 14.2 Å². The minimum Gasteiger partial charge on any atom is -0.496 e. The second-order valence-electron chi connectivity index (χ2n) is 4.33. The second kappa shape index (κ2) is 5.65. The quantitative estimate of drug-likeness (QED) is 0.486. The number of hydrogen-bond donors (Lipinski definition) is 0. The van der Waals surface area contributed by atoms with Crippen LogP contribution in [0.5, 0.6) is 17.2 Å². The normalized spacial score (nSPS) is 10.2. The summed E-state index contributed by atoms with van der Waals surface area (Å²) in [6.45, 7) is 5.18. The van der Waals surface area contributed by atoms with Crippen molar-refractivity contribution >= 4 is 16.7 Å². The summed E-state index contributed by atoms with van der Waals surface area (Å²) >= 11 is 0. The van der Waals surface area contributed by atoms with E-state index in [1.54, 1.807) is 20.1 Å². The summed E-state index contributed by atoms with van der Waals surface area (Å²) in [7, 11) is 3.10. The van der Waals surface area contributed by atoms with Gasteiger partial charge in [0.15, 0.2) is 11.5 Å². The van der Waals surface area contributed by atoms with Gasteiger partial charge in [-0.15, -0.1) is 0 Å². The van der Waals surface area contributed by atoms with Crippen LogP contribution in [-0.2, 0) is 4.79 Å². The minimum atomic E-state index is -0.487. The molecule has 0 fully saturated rings. The molecule has 0 aliphatic heterocycles. The molecule has 0 amide bonds. The summed E-state index contributed by atoms with van der Waals surface area (Å²) < 4.78 is 16.0. The standard InChI is InChI=1S/C16H16O4/c1-10(2)16(17)20-15-12-8-6-5-7-11(12)13(18-3)9-14(15)19-4/h5-9H,1H2,2-4H3. The lowest BCUT2D eigenvalue weighted by Gasteiger charge is -2.14. The van der Waals surface area contributed by atoms with Crippen molar-refractivity contribution in [1.29, 1.82) is 0 Å². The molecule has 0 aliphatic carbocycles. The topological polar surface area (TPSA) is 44.8 Å². The lowest BCUT2D eigenvalue weighted by Crippen LogP contribution is -2.09. The van der Waals surface area contributed by atoms with Gasteiger partial charge in [-0.1, -0.05) is 30.8 Å². The summed E-state index contributed by atoms with van der Waals surface area (Å²) in [4.78, 5) is 11.8. The van der Waals surface area contributed by atoms with E-state index in [9.17, 15) is 4.79 Å². The first-order valence-corrected chi connectivity index (χ1v) is 6.10. The highest BCUT2D eigenvalue weighted by Crippen LogP contribution is 2.41. The Morgan fingerprint density at radius 3 is 2.20 bits per heavy atom. The molecule has 4 heteroatoms. The van der Waals surface area contributed by atoms with Crippen molar-refractivity contribution in [3.63, 3.8) is 0 Å². The fraction of sp³-hybridized carbons (Fsp3) is 0.188. The summed E-state index contributed by atoms with van der Waals surface area (Å²) in [5.41, 5.74) is 0.326. The Hall–Kier alpha value is -2.49. The van der Waals surface area contributed by atoms with E-state index in [4.69, 9.17) is 14.2 Å². The highest BCUT2D eigenvalue weighted by molar-refractivity contribution is 5.99. The summed E-state index contributed by atoms with van der Waals surface area (Å²) in [5.74, 6) is 0.984. The third-order valence-corrected chi connectivity index (χ3v) is 2.91. The molecular formula is C16H16O4. The third-order valence-electron chi connectivity index (χ3n) is 2.91. The maximum atomic E-state index is 11.8. The van der Waals surface area contributed by atoms with Crippen LogP contribution in [-0.4, -0.2) is 20.2 Å². The predicted molar refractivity (Wildman–Crippen MR) is 77.5 cm³/mol. The third kappa shape index (κ3) is 2.45. The van der Waals surface area contributed by atoms with E-state index in [2.05, 4.69) is 6.58 Å². The monoisotopic (exact) mass is 272 g/mol. The van der Waals surface area contributed by atoms with E-state index >= 15 is 0 Å². The lowest BCUT2D eigenvalue weighted by atomic mass is 10.1. The molecule has 20 heavy (non-hydrogen) atoms. The van der Waals surface area contributed by atoms with Gasteiger partial charge in [-0.3, -0.25) is 0 Å². The zero-order valence-electron chi connectivity index (χ0n) is 11.7. The number of methoxy groups -OCH3 is 2. The first-order valence-electron chi connectivity index (χ1n) is 6.10. The van der Waals surface area contributed by atoms with Crippen molar-refractivity contribution in [1.82, 2.24) is 0 Å². The minimum absolute atomic E-state index is 0.326. The summed E-state index contributed by atoms with van der Waals surface area (Å²) in [6.07, 6.45) is 0. The Labute approximate surface area is 117 Å².